The zero-order chi connectivity index (χ0) is 27.9. The minimum absolute atomic E-state index is 0.449. The first-order valence-corrected chi connectivity index (χ1v) is 6.23. The molecule has 0 bridgehead atoms. The smallest absolute Gasteiger partial charge is 0.0619 e. The molecule has 2 aliphatic rings. The van der Waals surface area contributed by atoms with Crippen LogP contribution in [0.15, 0.2) is 46.8 Å². The molecule has 2 aliphatic carbocycles. The van der Waals surface area contributed by atoms with E-state index in [1.807, 2.05) is 0 Å². The Morgan fingerprint density at radius 1 is 0.947 bits per heavy atom. The fourth-order valence-corrected chi connectivity index (χ4v) is 2.62. The number of fused-ring (bicyclic) bond motifs is 5. The Bertz CT molecular complexity index is 1260. The summed E-state index contributed by atoms with van der Waals surface area (Å²) in [5.74, 6) is 0. The molecule has 0 nitrogen and oxygen atoms in total. The summed E-state index contributed by atoms with van der Waals surface area (Å²) in [4.78, 5) is 0. The summed E-state index contributed by atoms with van der Waals surface area (Å²) in [6, 6.07) is -6.04. The highest BCUT2D eigenvalue weighted by Gasteiger charge is 2.43. The van der Waals surface area contributed by atoms with E-state index in [4.69, 9.17) is 23.3 Å². The minimum atomic E-state index is -3.83. The Labute approximate surface area is 146 Å². The maximum absolute atomic E-state index is 8.89. The molecule has 4 rings (SSSR count). The van der Waals surface area contributed by atoms with E-state index in [2.05, 4.69) is 15.9 Å². The molecule has 0 atom stereocenters. The molecule has 1 heteroatoms. The lowest BCUT2D eigenvalue weighted by Gasteiger charge is -2.36. The van der Waals surface area contributed by atoms with E-state index < -0.39 is 106 Å². The fourth-order valence-electron chi connectivity index (χ4n) is 2.32. The molecule has 0 amide bonds. The van der Waals surface area contributed by atoms with Gasteiger partial charge in [-0.3, -0.25) is 0 Å². The highest BCUT2D eigenvalue weighted by Crippen LogP contribution is 2.55. The molecule has 96 valence electrons. The van der Waals surface area contributed by atoms with Crippen LogP contribution in [0.2, 0.25) is 0 Å². The summed E-state index contributed by atoms with van der Waals surface area (Å²) in [6.07, 6.45) is -19.0. The van der Waals surface area contributed by atoms with Gasteiger partial charge in [-0.15, -0.1) is 0 Å². The first-order chi connectivity index (χ1) is 16.0. The van der Waals surface area contributed by atoms with Gasteiger partial charge in [0.25, 0.3) is 0 Å². The van der Waals surface area contributed by atoms with Gasteiger partial charge < -0.3 is 0 Å². The van der Waals surface area contributed by atoms with Crippen LogP contribution in [0.3, 0.4) is 0 Å². The summed E-state index contributed by atoms with van der Waals surface area (Å²) in [6.45, 7) is 0. The molecule has 2 aromatic rings. The standard InChI is InChI=1S/C18H17Br/c19-13-8-9-15-14-6-2-3-7-16(14)18(17(15)12-13)10-4-1-5-11-18/h2-3,6-9,12H,1,4-5,10-11H2/i1D2,2D,3D,4D2,5D2,6D,7D,8D,9D,10D2,11D2,12D. The molecule has 1 spiro atoms. The average molecular weight is 330 g/mol. The SMILES string of the molecule is [2H]c1c([2H])c([2H])c2c(c1[2H])-c1c([2H])c([2H])c(Br)c([2H])c1C21C([2H])([2H])C([2H])([2H])C([2H])([2H])C([2H])([2H])C1([2H])[2H]. The zero-order valence-electron chi connectivity index (χ0n) is 26.4. The predicted molar refractivity (Wildman–Crippen MR) is 83.4 cm³/mol. The van der Waals surface area contributed by atoms with Crippen LogP contribution in [0.4, 0.5) is 0 Å². The number of benzene rings is 2. The largest absolute Gasteiger partial charge is 0.0638 e. The molecular weight excluding hydrogens is 296 g/mol. The van der Waals surface area contributed by atoms with Crippen LogP contribution in [0.25, 0.3) is 11.1 Å². The molecular formula is C18H17Br. The van der Waals surface area contributed by atoms with Gasteiger partial charge in [-0.25, -0.2) is 0 Å². The van der Waals surface area contributed by atoms with Gasteiger partial charge in [0.15, 0.2) is 0 Å². The van der Waals surface area contributed by atoms with Gasteiger partial charge in [0, 0.05) is 23.6 Å². The number of halogens is 1. The van der Waals surface area contributed by atoms with Crippen molar-refractivity contribution in [3.8, 4) is 11.1 Å². The second kappa shape index (κ2) is 4.21. The number of hydrogen-bond acceptors (Lipinski definition) is 0. The van der Waals surface area contributed by atoms with Crippen molar-refractivity contribution in [3.63, 3.8) is 0 Å². The molecule has 1 fully saturated rings. The van der Waals surface area contributed by atoms with E-state index in [1.165, 1.54) is 0 Å². The van der Waals surface area contributed by atoms with Gasteiger partial charge in [-0.05, 0) is 47.1 Å². The Morgan fingerprint density at radius 3 is 2.53 bits per heavy atom. The van der Waals surface area contributed by atoms with Gasteiger partial charge in [0.2, 0.25) is 0 Å². The molecule has 0 aromatic heterocycles. The van der Waals surface area contributed by atoms with Crippen molar-refractivity contribution in [2.24, 2.45) is 0 Å². The maximum atomic E-state index is 8.89. The quantitative estimate of drug-likeness (QED) is 0.583. The lowest BCUT2D eigenvalue weighted by molar-refractivity contribution is 0.352. The van der Waals surface area contributed by atoms with Crippen molar-refractivity contribution in [2.45, 2.75) is 37.3 Å². The van der Waals surface area contributed by atoms with E-state index in [9.17, 15) is 0 Å². The minimum Gasteiger partial charge on any atom is -0.0619 e. The van der Waals surface area contributed by atoms with Crippen LogP contribution in [-0.2, 0) is 5.41 Å². The summed E-state index contributed by atoms with van der Waals surface area (Å²) in [5.41, 5.74) is -6.44. The summed E-state index contributed by atoms with van der Waals surface area (Å²) < 4.78 is 144. The Hall–Kier alpha value is -1.08. The average Bonchev–Trinajstić information content (AvgIpc) is 3.11. The second-order valence-corrected chi connectivity index (χ2v) is 4.86. The van der Waals surface area contributed by atoms with Gasteiger partial charge >= 0.3 is 0 Å². The van der Waals surface area contributed by atoms with Crippen LogP contribution >= 0.6 is 15.9 Å². The monoisotopic (exact) mass is 329 g/mol. The lowest BCUT2D eigenvalue weighted by atomic mass is 9.68. The normalized spacial score (nSPS) is 45.4. The van der Waals surface area contributed by atoms with Gasteiger partial charge in [-0.2, -0.15) is 0 Å². The van der Waals surface area contributed by atoms with Crippen molar-refractivity contribution < 1.29 is 23.3 Å². The van der Waals surface area contributed by atoms with E-state index in [0.717, 1.165) is 0 Å². The molecule has 2 aromatic carbocycles. The van der Waals surface area contributed by atoms with Gasteiger partial charge in [0.1, 0.15) is 0 Å². The lowest BCUT2D eigenvalue weighted by Crippen LogP contribution is -2.27. The molecule has 1 saturated carbocycles. The van der Waals surface area contributed by atoms with Crippen LogP contribution in [-0.4, -0.2) is 0 Å². The summed E-state index contributed by atoms with van der Waals surface area (Å²) in [7, 11) is 0. The van der Waals surface area contributed by atoms with Crippen molar-refractivity contribution in [1.82, 2.24) is 0 Å². The molecule has 19 heavy (non-hydrogen) atoms. The van der Waals surface area contributed by atoms with Crippen LogP contribution in [0, 0.1) is 0 Å². The van der Waals surface area contributed by atoms with Crippen molar-refractivity contribution >= 4 is 15.9 Å². The molecule has 0 aliphatic heterocycles. The third-order valence-corrected chi connectivity index (χ3v) is 3.49. The van der Waals surface area contributed by atoms with E-state index in [-0.39, 0.29) is 0 Å². The van der Waals surface area contributed by atoms with Gasteiger partial charge in [0.05, 0.1) is 9.60 Å². The summed E-state index contributed by atoms with van der Waals surface area (Å²) in [5, 5.41) is 0. The van der Waals surface area contributed by atoms with E-state index in [1.54, 1.807) is 0 Å². The molecule has 0 N–H and O–H groups in total. The Balaban J connectivity index is 2.49. The van der Waals surface area contributed by atoms with E-state index in [0.29, 0.717) is 0 Å². The zero-order valence-corrected chi connectivity index (χ0v) is 11.0. The third kappa shape index (κ3) is 1.57. The number of hydrogen-bond donors (Lipinski definition) is 0. The van der Waals surface area contributed by atoms with E-state index >= 15 is 0 Å². The van der Waals surface area contributed by atoms with Crippen LogP contribution < -0.4 is 0 Å². The van der Waals surface area contributed by atoms with Crippen molar-refractivity contribution in [1.29, 1.82) is 0 Å². The van der Waals surface area contributed by atoms with Crippen LogP contribution in [0.1, 0.15) is 66.3 Å². The summed E-state index contributed by atoms with van der Waals surface area (Å²) >= 11 is 2.93. The topological polar surface area (TPSA) is 0 Å². The van der Waals surface area contributed by atoms with Gasteiger partial charge in [-0.1, -0.05) is 65.3 Å². The second-order valence-electron chi connectivity index (χ2n) is 4.06. The first-order valence-electron chi connectivity index (χ1n) is 13.9. The first kappa shape index (κ1) is 3.57. The van der Waals surface area contributed by atoms with Crippen LogP contribution in [0.5, 0.6) is 0 Å². The Morgan fingerprint density at radius 2 is 1.68 bits per heavy atom. The number of rotatable bonds is 0. The molecule has 0 unspecified atom stereocenters. The maximum Gasteiger partial charge on any atom is 0.0638 e. The molecule has 0 radical (unpaired) electrons. The van der Waals surface area contributed by atoms with Crippen molar-refractivity contribution in [2.75, 3.05) is 0 Å². The fraction of sp³-hybridized carbons (Fsp3) is 0.333. The predicted octanol–water partition coefficient (Wildman–Crippen LogP) is 5.68. The highest BCUT2D eigenvalue weighted by molar-refractivity contribution is 9.10. The van der Waals surface area contributed by atoms with Crippen molar-refractivity contribution in [3.05, 3.63) is 57.9 Å². The molecule has 0 heterocycles. The highest BCUT2D eigenvalue weighted by atomic mass is 79.9. The Kier molecular flexibility index (Phi) is 0.790. The third-order valence-electron chi connectivity index (χ3n) is 3.09. The molecule has 0 saturated heterocycles.